The molecule has 2 heterocycles. The summed E-state index contributed by atoms with van der Waals surface area (Å²) < 4.78 is 0. The molecule has 0 spiro atoms. The van der Waals surface area contributed by atoms with E-state index < -0.39 is 0 Å². The summed E-state index contributed by atoms with van der Waals surface area (Å²) in [5, 5.41) is 0.688. The predicted molar refractivity (Wildman–Crippen MR) is 124 cm³/mol. The highest BCUT2D eigenvalue weighted by Crippen LogP contribution is 2.35. The molecule has 1 aliphatic heterocycles. The van der Waals surface area contributed by atoms with Gasteiger partial charge in [0.25, 0.3) is 5.91 Å². The Morgan fingerprint density at radius 2 is 1.70 bits per heavy atom. The molecule has 5 heteroatoms. The highest BCUT2D eigenvalue weighted by atomic mass is 32.2. The Labute approximate surface area is 181 Å². The first-order chi connectivity index (χ1) is 14.6. The molecule has 0 radical (unpaired) electrons. The van der Waals surface area contributed by atoms with E-state index >= 15 is 0 Å². The lowest BCUT2D eigenvalue weighted by Gasteiger charge is -2.15. The van der Waals surface area contributed by atoms with Crippen LogP contribution < -0.4 is 0 Å². The minimum atomic E-state index is -0.0283. The normalized spacial score (nSPS) is 16.8. The molecule has 1 saturated heterocycles. The summed E-state index contributed by atoms with van der Waals surface area (Å²) in [4.78, 5) is 24.5. The van der Waals surface area contributed by atoms with Gasteiger partial charge in [-0.3, -0.25) is 14.7 Å². The topological polar surface area (TPSA) is 45.6 Å². The van der Waals surface area contributed by atoms with Crippen LogP contribution in [0.2, 0.25) is 0 Å². The molecule has 1 amide bonds. The number of benzene rings is 2. The molecule has 0 aliphatic carbocycles. The van der Waals surface area contributed by atoms with Gasteiger partial charge in [-0.05, 0) is 64.7 Å². The molecule has 1 aliphatic rings. The van der Waals surface area contributed by atoms with Crippen molar-refractivity contribution in [2.24, 2.45) is 4.99 Å². The van der Waals surface area contributed by atoms with Gasteiger partial charge in [-0.25, -0.2) is 4.99 Å². The number of nitrogens with zero attached hydrogens (tertiary/aromatic N) is 3. The van der Waals surface area contributed by atoms with Gasteiger partial charge in [-0.15, -0.1) is 0 Å². The number of rotatable bonds is 5. The van der Waals surface area contributed by atoms with E-state index in [2.05, 4.69) is 43.1 Å². The third kappa shape index (κ3) is 4.69. The van der Waals surface area contributed by atoms with Gasteiger partial charge in [-0.2, -0.15) is 0 Å². The van der Waals surface area contributed by atoms with Crippen LogP contribution in [-0.2, 0) is 11.3 Å². The number of hydrogen-bond donors (Lipinski definition) is 0. The number of pyridine rings is 1. The van der Waals surface area contributed by atoms with Crippen molar-refractivity contribution in [3.8, 4) is 0 Å². The van der Waals surface area contributed by atoms with Crippen LogP contribution in [0.3, 0.4) is 0 Å². The molecule has 4 rings (SSSR count). The number of carbonyl (C=O) groups excluding carboxylic acids is 1. The Balaban J connectivity index is 1.66. The quantitative estimate of drug-likeness (QED) is 0.481. The molecule has 0 N–H and O–H groups in total. The molecular weight excluding hydrogens is 390 g/mol. The van der Waals surface area contributed by atoms with Crippen LogP contribution in [0.15, 0.2) is 89.0 Å². The Bertz CT molecular complexity index is 1070. The van der Waals surface area contributed by atoms with Crippen molar-refractivity contribution in [3.05, 3.63) is 101 Å². The zero-order chi connectivity index (χ0) is 20.9. The maximum atomic E-state index is 13.2. The van der Waals surface area contributed by atoms with Crippen LogP contribution in [0.1, 0.15) is 36.5 Å². The number of para-hydroxylation sites is 1. The van der Waals surface area contributed by atoms with Gasteiger partial charge in [0, 0.05) is 12.4 Å². The second-order valence-electron chi connectivity index (χ2n) is 7.41. The lowest BCUT2D eigenvalue weighted by Crippen LogP contribution is -2.28. The van der Waals surface area contributed by atoms with Crippen molar-refractivity contribution >= 4 is 34.6 Å². The number of hydrogen-bond acceptors (Lipinski definition) is 4. The van der Waals surface area contributed by atoms with E-state index in [0.29, 0.717) is 22.5 Å². The van der Waals surface area contributed by atoms with E-state index in [1.807, 2.05) is 48.5 Å². The van der Waals surface area contributed by atoms with Crippen LogP contribution in [0.25, 0.3) is 6.08 Å². The van der Waals surface area contributed by atoms with Crippen LogP contribution in [0, 0.1) is 0 Å². The van der Waals surface area contributed by atoms with Crippen LogP contribution >= 0.6 is 11.8 Å². The average Bonchev–Trinajstić information content (AvgIpc) is 3.04. The summed E-state index contributed by atoms with van der Waals surface area (Å²) in [7, 11) is 0. The van der Waals surface area contributed by atoms with Gasteiger partial charge >= 0.3 is 0 Å². The molecule has 150 valence electrons. The van der Waals surface area contributed by atoms with Crippen molar-refractivity contribution in [1.82, 2.24) is 9.88 Å². The minimum Gasteiger partial charge on any atom is -0.282 e. The lowest BCUT2D eigenvalue weighted by molar-refractivity contribution is -0.122. The maximum absolute atomic E-state index is 13.2. The summed E-state index contributed by atoms with van der Waals surface area (Å²) in [6.07, 6.45) is 5.43. The van der Waals surface area contributed by atoms with Crippen LogP contribution in [0.4, 0.5) is 5.69 Å². The predicted octanol–water partition coefficient (Wildman–Crippen LogP) is 6.01. The highest BCUT2D eigenvalue weighted by molar-refractivity contribution is 8.18. The van der Waals surface area contributed by atoms with E-state index in [0.717, 1.165) is 16.8 Å². The van der Waals surface area contributed by atoms with Crippen molar-refractivity contribution in [3.63, 3.8) is 0 Å². The zero-order valence-electron chi connectivity index (χ0n) is 17.0. The number of amidine groups is 1. The molecule has 1 fully saturated rings. The highest BCUT2D eigenvalue weighted by Gasteiger charge is 2.33. The molecule has 2 aromatic carbocycles. The molecule has 0 saturated carbocycles. The molecule has 1 aromatic heterocycles. The molecule has 0 unspecified atom stereocenters. The smallest absolute Gasteiger partial charge is 0.267 e. The largest absolute Gasteiger partial charge is 0.282 e. The van der Waals surface area contributed by atoms with E-state index in [1.165, 1.54) is 17.3 Å². The fourth-order valence-electron chi connectivity index (χ4n) is 3.14. The van der Waals surface area contributed by atoms with Gasteiger partial charge < -0.3 is 0 Å². The van der Waals surface area contributed by atoms with Gasteiger partial charge in [-0.1, -0.05) is 56.3 Å². The first-order valence-electron chi connectivity index (χ1n) is 9.94. The lowest BCUT2D eigenvalue weighted by atomic mass is 10.0. The van der Waals surface area contributed by atoms with E-state index in [-0.39, 0.29) is 5.91 Å². The van der Waals surface area contributed by atoms with E-state index in [1.54, 1.807) is 17.3 Å². The Kier molecular flexibility index (Phi) is 6.10. The van der Waals surface area contributed by atoms with E-state index in [9.17, 15) is 4.79 Å². The molecule has 3 aromatic rings. The maximum Gasteiger partial charge on any atom is 0.267 e. The number of amides is 1. The third-order valence-corrected chi connectivity index (χ3v) is 5.87. The summed E-state index contributed by atoms with van der Waals surface area (Å²) in [5.74, 6) is 0.453. The number of aromatic nitrogens is 1. The van der Waals surface area contributed by atoms with Crippen LogP contribution in [0.5, 0.6) is 0 Å². The van der Waals surface area contributed by atoms with Crippen molar-refractivity contribution < 1.29 is 4.79 Å². The molecule has 0 atom stereocenters. The monoisotopic (exact) mass is 413 g/mol. The summed E-state index contributed by atoms with van der Waals surface area (Å²) in [6.45, 7) is 4.81. The van der Waals surface area contributed by atoms with Gasteiger partial charge in [0.1, 0.15) is 0 Å². The average molecular weight is 414 g/mol. The Morgan fingerprint density at radius 1 is 1.00 bits per heavy atom. The molecule has 4 nitrogen and oxygen atoms in total. The molecular formula is C25H23N3OS. The van der Waals surface area contributed by atoms with Gasteiger partial charge in [0.2, 0.25) is 0 Å². The Hall–Kier alpha value is -3.18. The number of thioether (sulfide) groups is 1. The fourth-order valence-corrected chi connectivity index (χ4v) is 4.14. The number of carbonyl (C=O) groups is 1. The van der Waals surface area contributed by atoms with Crippen LogP contribution in [-0.4, -0.2) is 21.0 Å². The second-order valence-corrected chi connectivity index (χ2v) is 8.42. The summed E-state index contributed by atoms with van der Waals surface area (Å²) in [6, 6.07) is 21.9. The SMILES string of the molecule is CC(C)c1ccc(/C=C2/SC(=Nc3ccccc3)N(Cc3ccncc3)C2=O)cc1. The first-order valence-corrected chi connectivity index (χ1v) is 10.8. The summed E-state index contributed by atoms with van der Waals surface area (Å²) in [5.41, 5.74) is 4.14. The van der Waals surface area contributed by atoms with Crippen molar-refractivity contribution in [2.45, 2.75) is 26.3 Å². The van der Waals surface area contributed by atoms with Crippen molar-refractivity contribution in [2.75, 3.05) is 0 Å². The number of aliphatic imine (C=N–C) groups is 1. The minimum absolute atomic E-state index is 0.0283. The zero-order valence-corrected chi connectivity index (χ0v) is 17.8. The van der Waals surface area contributed by atoms with Crippen molar-refractivity contribution in [1.29, 1.82) is 0 Å². The first kappa shape index (κ1) is 20.1. The molecule has 30 heavy (non-hydrogen) atoms. The van der Waals surface area contributed by atoms with E-state index in [4.69, 9.17) is 4.99 Å². The second kappa shape index (κ2) is 9.09. The standard InChI is InChI=1S/C25H23N3OS/c1-18(2)21-10-8-19(9-11-21)16-23-24(29)28(17-20-12-14-26-15-13-20)25(30-23)27-22-6-4-3-5-7-22/h3-16,18H,17H2,1-2H3/b23-16+,27-25?. The third-order valence-electron chi connectivity index (χ3n) is 4.86. The fraction of sp³-hybridized carbons (Fsp3) is 0.160. The Morgan fingerprint density at radius 3 is 2.37 bits per heavy atom. The van der Waals surface area contributed by atoms with Gasteiger partial charge in [0.15, 0.2) is 5.17 Å². The molecule has 0 bridgehead atoms. The van der Waals surface area contributed by atoms with Gasteiger partial charge in [0.05, 0.1) is 17.1 Å². The summed E-state index contributed by atoms with van der Waals surface area (Å²) >= 11 is 1.42.